The van der Waals surface area contributed by atoms with Gasteiger partial charge < -0.3 is 15.3 Å². The van der Waals surface area contributed by atoms with E-state index in [0.717, 1.165) is 29.3 Å². The van der Waals surface area contributed by atoms with E-state index in [1.54, 1.807) is 18.2 Å². The zero-order valence-electron chi connectivity index (χ0n) is 17.5. The molecule has 2 heterocycles. The van der Waals surface area contributed by atoms with Gasteiger partial charge in [-0.25, -0.2) is 0 Å². The van der Waals surface area contributed by atoms with Gasteiger partial charge in [0.25, 0.3) is 15.9 Å². The number of aliphatic hydroxyl groups is 1. The van der Waals surface area contributed by atoms with Crippen molar-refractivity contribution in [3.05, 3.63) is 33.1 Å². The fourth-order valence-corrected chi connectivity index (χ4v) is 7.61. The van der Waals surface area contributed by atoms with E-state index in [-0.39, 0.29) is 39.9 Å². The molecule has 2 bridgehead atoms. The van der Waals surface area contributed by atoms with E-state index in [1.807, 2.05) is 4.90 Å². The second-order valence-electron chi connectivity index (χ2n) is 9.47. The Balaban J connectivity index is 1.60. The molecule has 4 aliphatic rings. The number of aliphatic hydroxyl groups excluding tert-OH is 1. The van der Waals surface area contributed by atoms with Gasteiger partial charge in [0.05, 0.1) is 5.69 Å². The molecule has 0 spiro atoms. The van der Waals surface area contributed by atoms with Gasteiger partial charge in [-0.1, -0.05) is 13.8 Å². The van der Waals surface area contributed by atoms with Gasteiger partial charge in [-0.2, -0.15) is 8.42 Å². The Bertz CT molecular complexity index is 1130. The van der Waals surface area contributed by atoms with Crippen molar-refractivity contribution in [2.24, 2.45) is 28.1 Å². The standard InChI is InChI=1S/C22H26IN3O4S/c1-11(2)7-8-26-19-13-4-3-12(9-13)17(19)20(27)18(22(26)28)21-24-15-6-5-14(23)10-16(15)31(29,30)25-21/h5-6,10-13,17,19,27H,3-4,7-9H2,1-2H3,(H,24,25)/t12-,13-,17+,19-/m0/s1. The molecule has 2 aliphatic heterocycles. The van der Waals surface area contributed by atoms with Crippen LogP contribution in [0.1, 0.15) is 39.5 Å². The Morgan fingerprint density at radius 1 is 1.29 bits per heavy atom. The second kappa shape index (κ2) is 7.47. The van der Waals surface area contributed by atoms with Crippen LogP contribution in [0.25, 0.3) is 0 Å². The van der Waals surface area contributed by atoms with E-state index in [1.165, 1.54) is 0 Å². The Morgan fingerprint density at radius 3 is 2.77 bits per heavy atom. The maximum absolute atomic E-state index is 13.6. The molecule has 4 atom stereocenters. The topological polar surface area (TPSA) is 99.1 Å². The minimum absolute atomic E-state index is 0.00316. The molecule has 7 nitrogen and oxygen atoms in total. The van der Waals surface area contributed by atoms with Gasteiger partial charge in [-0.05, 0) is 84.2 Å². The van der Waals surface area contributed by atoms with Gasteiger partial charge >= 0.3 is 0 Å². The lowest BCUT2D eigenvalue weighted by atomic mass is 9.77. The predicted octanol–water partition coefficient (Wildman–Crippen LogP) is 3.92. The number of amidine groups is 1. The first-order valence-electron chi connectivity index (χ1n) is 10.8. The van der Waals surface area contributed by atoms with Gasteiger partial charge in [-0.3, -0.25) is 4.79 Å². The lowest BCUT2D eigenvalue weighted by molar-refractivity contribution is -0.133. The van der Waals surface area contributed by atoms with E-state index >= 15 is 0 Å². The second-order valence-corrected chi connectivity index (χ2v) is 12.3. The first-order valence-corrected chi connectivity index (χ1v) is 13.3. The fraction of sp³-hybridized carbons (Fsp3) is 0.545. The number of halogens is 1. The van der Waals surface area contributed by atoms with Crippen LogP contribution in [0, 0.1) is 27.2 Å². The average molecular weight is 555 g/mol. The molecule has 0 aromatic heterocycles. The summed E-state index contributed by atoms with van der Waals surface area (Å²) in [6.45, 7) is 4.85. The number of hydrogen-bond donors (Lipinski definition) is 2. The van der Waals surface area contributed by atoms with Crippen LogP contribution in [0.15, 0.2) is 38.8 Å². The van der Waals surface area contributed by atoms with Crippen LogP contribution >= 0.6 is 22.6 Å². The van der Waals surface area contributed by atoms with Gasteiger partial charge in [0.2, 0.25) is 0 Å². The number of hydrogen-bond acceptors (Lipinski definition) is 5. The summed E-state index contributed by atoms with van der Waals surface area (Å²) in [5.41, 5.74) is 0.396. The van der Waals surface area contributed by atoms with Crippen molar-refractivity contribution in [3.8, 4) is 0 Å². The van der Waals surface area contributed by atoms with E-state index in [4.69, 9.17) is 0 Å². The smallest absolute Gasteiger partial charge is 0.286 e. The average Bonchev–Trinajstić information content (AvgIpc) is 3.30. The van der Waals surface area contributed by atoms with E-state index in [0.29, 0.717) is 30.0 Å². The van der Waals surface area contributed by atoms with Gasteiger partial charge in [0.15, 0.2) is 5.84 Å². The molecular formula is C22H26IN3O4S. The minimum atomic E-state index is -3.98. The largest absolute Gasteiger partial charge is 0.511 e. The van der Waals surface area contributed by atoms with Crippen molar-refractivity contribution in [3.63, 3.8) is 0 Å². The normalized spacial score (nSPS) is 30.9. The van der Waals surface area contributed by atoms with Crippen LogP contribution in [0.5, 0.6) is 0 Å². The number of nitrogens with one attached hydrogen (secondary N) is 1. The number of nitrogens with zero attached hydrogens (tertiary/aromatic N) is 2. The van der Waals surface area contributed by atoms with Crippen LogP contribution in [-0.2, 0) is 14.8 Å². The quantitative estimate of drug-likeness (QED) is 0.549. The number of sulfonamides is 1. The number of carbonyl (C=O) groups excluding carboxylic acids is 1. The van der Waals surface area contributed by atoms with Gasteiger partial charge in [0, 0.05) is 22.1 Å². The number of carbonyl (C=O) groups is 1. The summed E-state index contributed by atoms with van der Waals surface area (Å²) in [4.78, 5) is 15.6. The molecule has 9 heteroatoms. The third-order valence-electron chi connectivity index (χ3n) is 7.15. The van der Waals surface area contributed by atoms with Gasteiger partial charge in [0.1, 0.15) is 16.2 Å². The van der Waals surface area contributed by atoms with E-state index in [2.05, 4.69) is 46.2 Å². The van der Waals surface area contributed by atoms with Crippen molar-refractivity contribution in [2.45, 2.75) is 50.5 Å². The highest BCUT2D eigenvalue weighted by molar-refractivity contribution is 14.1. The summed E-state index contributed by atoms with van der Waals surface area (Å²) >= 11 is 2.05. The molecule has 0 saturated heterocycles. The highest BCUT2D eigenvalue weighted by Gasteiger charge is 2.57. The number of rotatable bonds is 4. The van der Waals surface area contributed by atoms with E-state index < -0.39 is 10.0 Å². The monoisotopic (exact) mass is 555 g/mol. The zero-order chi connectivity index (χ0) is 22.1. The van der Waals surface area contributed by atoms with Crippen molar-refractivity contribution in [1.82, 2.24) is 4.90 Å². The molecule has 5 rings (SSSR count). The van der Waals surface area contributed by atoms with Crippen molar-refractivity contribution >= 4 is 50.0 Å². The summed E-state index contributed by atoms with van der Waals surface area (Å²) in [6.07, 6.45) is 3.99. The summed E-state index contributed by atoms with van der Waals surface area (Å²) in [6, 6.07) is 5.02. The molecule has 0 radical (unpaired) electrons. The van der Waals surface area contributed by atoms with Crippen molar-refractivity contribution < 1.29 is 18.3 Å². The fourth-order valence-electron chi connectivity index (χ4n) is 5.76. The SMILES string of the molecule is CC(C)CCN1C(=O)C(C2=NS(=O)(=O)c3cc(I)ccc3N2)=C(O)[C@@H]2[C@H]3CC[C@@H](C3)[C@@H]21. The Kier molecular flexibility index (Phi) is 5.12. The molecule has 31 heavy (non-hydrogen) atoms. The zero-order valence-corrected chi connectivity index (χ0v) is 20.5. The van der Waals surface area contributed by atoms with Gasteiger partial charge in [-0.15, -0.1) is 4.40 Å². The van der Waals surface area contributed by atoms with Crippen molar-refractivity contribution in [2.75, 3.05) is 11.9 Å². The number of anilines is 1. The summed E-state index contributed by atoms with van der Waals surface area (Å²) in [7, 11) is -3.98. The summed E-state index contributed by atoms with van der Waals surface area (Å²) in [5.74, 6) is 0.668. The third kappa shape index (κ3) is 3.39. The Labute approximate surface area is 196 Å². The van der Waals surface area contributed by atoms with E-state index in [9.17, 15) is 18.3 Å². The molecule has 0 unspecified atom stereocenters. The van der Waals surface area contributed by atoms with Crippen LogP contribution in [0.4, 0.5) is 5.69 Å². The maximum atomic E-state index is 13.6. The number of benzene rings is 1. The highest BCUT2D eigenvalue weighted by Crippen LogP contribution is 2.55. The van der Waals surface area contributed by atoms with Crippen LogP contribution in [-0.4, -0.2) is 42.8 Å². The van der Waals surface area contributed by atoms with Crippen LogP contribution in [0.2, 0.25) is 0 Å². The molecule has 1 amide bonds. The first kappa shape index (κ1) is 21.2. The molecule has 1 aromatic carbocycles. The Morgan fingerprint density at radius 2 is 2.03 bits per heavy atom. The van der Waals surface area contributed by atoms with Crippen LogP contribution < -0.4 is 5.32 Å². The first-order chi connectivity index (χ1) is 14.7. The minimum Gasteiger partial charge on any atom is -0.511 e. The molecule has 2 saturated carbocycles. The molecule has 2 N–H and O–H groups in total. The molecule has 166 valence electrons. The molecular weight excluding hydrogens is 529 g/mol. The maximum Gasteiger partial charge on any atom is 0.286 e. The lowest BCUT2D eigenvalue weighted by Gasteiger charge is -2.44. The molecule has 2 aliphatic carbocycles. The highest BCUT2D eigenvalue weighted by atomic mass is 127. The Hall–Kier alpha value is -1.62. The predicted molar refractivity (Wildman–Crippen MR) is 126 cm³/mol. The molecule has 2 fully saturated rings. The molecule has 1 aromatic rings. The third-order valence-corrected chi connectivity index (χ3v) is 9.14. The number of fused-ring (bicyclic) bond motifs is 6. The lowest BCUT2D eigenvalue weighted by Crippen LogP contribution is -2.54. The summed E-state index contributed by atoms with van der Waals surface area (Å²) in [5, 5.41) is 14.3. The summed E-state index contributed by atoms with van der Waals surface area (Å²) < 4.78 is 30.5. The van der Waals surface area contributed by atoms with Crippen LogP contribution in [0.3, 0.4) is 0 Å². The number of amides is 1. The van der Waals surface area contributed by atoms with Crippen molar-refractivity contribution in [1.29, 1.82) is 0 Å².